The lowest BCUT2D eigenvalue weighted by Gasteiger charge is -2.05. The van der Waals surface area contributed by atoms with E-state index in [2.05, 4.69) is 26.0 Å². The zero-order chi connectivity index (χ0) is 10.6. The van der Waals surface area contributed by atoms with Gasteiger partial charge in [-0.25, -0.2) is 4.39 Å². The van der Waals surface area contributed by atoms with Gasteiger partial charge < -0.3 is 10.1 Å². The first-order chi connectivity index (χ1) is 6.63. The van der Waals surface area contributed by atoms with Crippen molar-refractivity contribution in [3.63, 3.8) is 0 Å². The highest BCUT2D eigenvalue weighted by Crippen LogP contribution is 2.18. The number of carbonyl (C=O) groups is 1. The molecule has 0 radical (unpaired) electrons. The van der Waals surface area contributed by atoms with Crippen LogP contribution in [0, 0.1) is 5.82 Å². The van der Waals surface area contributed by atoms with Crippen LogP contribution in [0.2, 0.25) is 0 Å². The molecule has 1 N–H and O–H groups in total. The van der Waals surface area contributed by atoms with Gasteiger partial charge in [0.1, 0.15) is 12.4 Å². The predicted octanol–water partition coefficient (Wildman–Crippen LogP) is 2.17. The Labute approximate surface area is 89.4 Å². The molecule has 0 fully saturated rings. The number of anilines is 1. The van der Waals surface area contributed by atoms with Crippen molar-refractivity contribution < 1.29 is 13.9 Å². The molecule has 0 heterocycles. The van der Waals surface area contributed by atoms with Gasteiger partial charge >= 0.3 is 5.97 Å². The van der Waals surface area contributed by atoms with E-state index in [1.165, 1.54) is 13.2 Å². The van der Waals surface area contributed by atoms with Crippen LogP contribution in [0.5, 0.6) is 0 Å². The van der Waals surface area contributed by atoms with Gasteiger partial charge in [-0.15, -0.1) is 0 Å². The summed E-state index contributed by atoms with van der Waals surface area (Å²) in [6, 6.07) is 4.53. The van der Waals surface area contributed by atoms with Crippen LogP contribution in [0.1, 0.15) is 0 Å². The highest BCUT2D eigenvalue weighted by Gasteiger charge is 2.02. The molecule has 1 aromatic carbocycles. The van der Waals surface area contributed by atoms with Gasteiger partial charge in [-0.1, -0.05) is 0 Å². The fourth-order valence-electron chi connectivity index (χ4n) is 0.852. The third-order valence-corrected chi connectivity index (χ3v) is 2.23. The number of benzene rings is 1. The maximum absolute atomic E-state index is 13.0. The number of methoxy groups -OCH3 is 1. The second-order valence-corrected chi connectivity index (χ2v) is 3.41. The van der Waals surface area contributed by atoms with Crippen LogP contribution in [0.4, 0.5) is 10.1 Å². The van der Waals surface area contributed by atoms with Crippen LogP contribution in [0.3, 0.4) is 0 Å². The minimum Gasteiger partial charge on any atom is -0.468 e. The summed E-state index contributed by atoms with van der Waals surface area (Å²) in [6.07, 6.45) is 0. The maximum Gasteiger partial charge on any atom is 0.325 e. The molecule has 0 aliphatic rings. The molecule has 0 aliphatic heterocycles. The second-order valence-electron chi connectivity index (χ2n) is 2.56. The summed E-state index contributed by atoms with van der Waals surface area (Å²) in [5.41, 5.74) is 0.538. The van der Waals surface area contributed by atoms with Gasteiger partial charge in [-0.3, -0.25) is 4.79 Å². The molecule has 0 saturated carbocycles. The van der Waals surface area contributed by atoms with Crippen LogP contribution in [0.25, 0.3) is 0 Å². The van der Waals surface area contributed by atoms with Crippen molar-refractivity contribution in [3.05, 3.63) is 28.5 Å². The minimum atomic E-state index is -0.395. The lowest BCUT2D eigenvalue weighted by atomic mass is 10.3. The number of rotatable bonds is 3. The number of nitrogens with one attached hydrogen (secondary N) is 1. The topological polar surface area (TPSA) is 38.3 Å². The molecule has 0 aromatic heterocycles. The smallest absolute Gasteiger partial charge is 0.325 e. The molecule has 76 valence electrons. The quantitative estimate of drug-likeness (QED) is 0.848. The summed E-state index contributed by atoms with van der Waals surface area (Å²) in [4.78, 5) is 10.7. The number of halogens is 2. The van der Waals surface area contributed by atoms with Crippen LogP contribution in [-0.4, -0.2) is 19.6 Å². The van der Waals surface area contributed by atoms with Gasteiger partial charge in [0, 0.05) is 5.69 Å². The molecule has 0 amide bonds. The first-order valence-corrected chi connectivity index (χ1v) is 4.68. The Bertz CT molecular complexity index is 344. The number of carbonyl (C=O) groups excluding carboxylic acids is 1. The van der Waals surface area contributed by atoms with Gasteiger partial charge in [0.15, 0.2) is 0 Å². The standard InChI is InChI=1S/C9H9BrFNO2/c1-14-9(13)5-12-6-2-3-7(10)8(11)4-6/h2-4,12H,5H2,1H3. The van der Waals surface area contributed by atoms with Crippen molar-refractivity contribution in [1.29, 1.82) is 0 Å². The Morgan fingerprint density at radius 2 is 2.36 bits per heavy atom. The van der Waals surface area contributed by atoms with Crippen molar-refractivity contribution in [3.8, 4) is 0 Å². The van der Waals surface area contributed by atoms with Crippen molar-refractivity contribution in [2.45, 2.75) is 0 Å². The summed E-state index contributed by atoms with van der Waals surface area (Å²) in [5, 5.41) is 2.73. The molecule has 14 heavy (non-hydrogen) atoms. The van der Waals surface area contributed by atoms with E-state index in [9.17, 15) is 9.18 Å². The number of ether oxygens (including phenoxy) is 1. The van der Waals surface area contributed by atoms with E-state index in [1.54, 1.807) is 12.1 Å². The van der Waals surface area contributed by atoms with Gasteiger partial charge in [0.25, 0.3) is 0 Å². The van der Waals surface area contributed by atoms with Crippen LogP contribution in [0.15, 0.2) is 22.7 Å². The summed E-state index contributed by atoms with van der Waals surface area (Å²) in [7, 11) is 1.30. The van der Waals surface area contributed by atoms with Crippen LogP contribution in [-0.2, 0) is 9.53 Å². The molecule has 0 unspecified atom stereocenters. The normalized spacial score (nSPS) is 9.64. The first kappa shape index (κ1) is 11.0. The van der Waals surface area contributed by atoms with Gasteiger partial charge in [0.2, 0.25) is 0 Å². The number of hydrogen-bond donors (Lipinski definition) is 1. The largest absolute Gasteiger partial charge is 0.468 e. The molecular weight excluding hydrogens is 253 g/mol. The minimum absolute atomic E-state index is 0.0254. The fourth-order valence-corrected chi connectivity index (χ4v) is 1.10. The average Bonchev–Trinajstić information content (AvgIpc) is 2.19. The Hall–Kier alpha value is -1.10. The fraction of sp³-hybridized carbons (Fsp3) is 0.222. The molecule has 1 aromatic rings. The van der Waals surface area contributed by atoms with Crippen molar-refractivity contribution in [2.24, 2.45) is 0 Å². The Kier molecular flexibility index (Phi) is 3.88. The zero-order valence-corrected chi connectivity index (χ0v) is 9.10. The monoisotopic (exact) mass is 261 g/mol. The summed E-state index contributed by atoms with van der Waals surface area (Å²) >= 11 is 3.03. The number of hydrogen-bond acceptors (Lipinski definition) is 3. The van der Waals surface area contributed by atoms with E-state index in [1.807, 2.05) is 0 Å². The molecular formula is C9H9BrFNO2. The Morgan fingerprint density at radius 3 is 2.93 bits per heavy atom. The van der Waals surface area contributed by atoms with E-state index >= 15 is 0 Å². The third-order valence-electron chi connectivity index (χ3n) is 1.58. The highest BCUT2D eigenvalue weighted by molar-refractivity contribution is 9.10. The SMILES string of the molecule is COC(=O)CNc1ccc(Br)c(F)c1. The lowest BCUT2D eigenvalue weighted by molar-refractivity contribution is -0.138. The highest BCUT2D eigenvalue weighted by atomic mass is 79.9. The van der Waals surface area contributed by atoms with Crippen molar-refractivity contribution in [1.82, 2.24) is 0 Å². The molecule has 0 aliphatic carbocycles. The average molecular weight is 262 g/mol. The van der Waals surface area contributed by atoms with Crippen molar-refractivity contribution >= 4 is 27.6 Å². The van der Waals surface area contributed by atoms with E-state index in [0.29, 0.717) is 10.2 Å². The summed E-state index contributed by atoms with van der Waals surface area (Å²) < 4.78 is 17.8. The number of esters is 1. The summed E-state index contributed by atoms with van der Waals surface area (Å²) in [6.45, 7) is 0.0254. The van der Waals surface area contributed by atoms with Crippen LogP contribution < -0.4 is 5.32 Å². The molecule has 0 saturated heterocycles. The van der Waals surface area contributed by atoms with E-state index in [4.69, 9.17) is 0 Å². The van der Waals surface area contributed by atoms with Crippen molar-refractivity contribution in [2.75, 3.05) is 19.0 Å². The van der Waals surface area contributed by atoms with Gasteiger partial charge in [-0.05, 0) is 34.1 Å². The zero-order valence-electron chi connectivity index (χ0n) is 7.51. The van der Waals surface area contributed by atoms with Crippen LogP contribution >= 0.6 is 15.9 Å². The van der Waals surface area contributed by atoms with E-state index in [0.717, 1.165) is 0 Å². The van der Waals surface area contributed by atoms with E-state index in [-0.39, 0.29) is 12.4 Å². The second kappa shape index (κ2) is 4.95. The molecule has 0 spiro atoms. The summed E-state index contributed by atoms with van der Waals surface area (Å²) in [5.74, 6) is -0.770. The lowest BCUT2D eigenvalue weighted by Crippen LogP contribution is -2.14. The third kappa shape index (κ3) is 2.99. The Balaban J connectivity index is 2.60. The molecule has 1 rings (SSSR count). The van der Waals surface area contributed by atoms with Gasteiger partial charge in [-0.2, -0.15) is 0 Å². The Morgan fingerprint density at radius 1 is 1.64 bits per heavy atom. The molecule has 0 bridgehead atoms. The van der Waals surface area contributed by atoms with Gasteiger partial charge in [0.05, 0.1) is 11.6 Å². The maximum atomic E-state index is 13.0. The molecule has 0 atom stereocenters. The first-order valence-electron chi connectivity index (χ1n) is 3.89. The predicted molar refractivity (Wildman–Crippen MR) is 54.6 cm³/mol. The molecule has 3 nitrogen and oxygen atoms in total. The molecule has 5 heteroatoms. The van der Waals surface area contributed by atoms with E-state index < -0.39 is 5.97 Å².